The molecule has 0 fully saturated rings. The minimum atomic E-state index is 0.844. The first-order valence-corrected chi connectivity index (χ1v) is 4.31. The van der Waals surface area contributed by atoms with Gasteiger partial charge in [0.05, 0.1) is 0 Å². The van der Waals surface area contributed by atoms with Crippen molar-refractivity contribution in [2.75, 3.05) is 0 Å². The highest BCUT2D eigenvalue weighted by molar-refractivity contribution is 5.55. The van der Waals surface area contributed by atoms with E-state index in [1.165, 1.54) is 0 Å². The van der Waals surface area contributed by atoms with Crippen molar-refractivity contribution in [3.63, 3.8) is 0 Å². The van der Waals surface area contributed by atoms with Crippen LogP contribution < -0.4 is 16.2 Å². The zero-order chi connectivity index (χ0) is 9.84. The van der Waals surface area contributed by atoms with Crippen LogP contribution in [0.15, 0.2) is 36.9 Å². The molecular weight excluding hydrogens is 158 g/mol. The molecule has 2 N–H and O–H groups in total. The molecule has 1 heteroatoms. The van der Waals surface area contributed by atoms with Gasteiger partial charge in [0.15, 0.2) is 0 Å². The normalized spacial score (nSPS) is 14.9. The third-order valence-corrected chi connectivity index (χ3v) is 2.08. The molecule has 0 saturated carbocycles. The molecule has 0 aliphatic heterocycles. The number of benzene rings is 1. The van der Waals surface area contributed by atoms with Gasteiger partial charge in [-0.3, -0.25) is 0 Å². The number of rotatable bonds is 1. The van der Waals surface area contributed by atoms with E-state index in [0.29, 0.717) is 0 Å². The molecule has 1 rings (SSSR count). The smallest absolute Gasteiger partial charge is 0.0129 e. The van der Waals surface area contributed by atoms with Gasteiger partial charge in [0.25, 0.3) is 0 Å². The van der Waals surface area contributed by atoms with Crippen LogP contribution in [-0.2, 0) is 0 Å². The molecule has 0 amide bonds. The molecule has 0 saturated heterocycles. The first kappa shape index (κ1) is 9.59. The highest BCUT2D eigenvalue weighted by atomic mass is 14.5. The third-order valence-electron chi connectivity index (χ3n) is 2.08. The number of hydrogen-bond acceptors (Lipinski definition) is 1. The van der Waals surface area contributed by atoms with E-state index < -0.39 is 0 Å². The quantitative estimate of drug-likeness (QED) is 0.677. The maximum atomic E-state index is 5.78. The Morgan fingerprint density at radius 3 is 2.23 bits per heavy atom. The number of nitrogens with two attached hydrogens (primary N) is 1. The van der Waals surface area contributed by atoms with Crippen LogP contribution in [0.1, 0.15) is 13.8 Å². The largest absolute Gasteiger partial charge is 0.402 e. The second-order valence-corrected chi connectivity index (χ2v) is 3.12. The molecule has 0 radical (unpaired) electrons. The molecule has 0 unspecified atom stereocenters. The maximum Gasteiger partial charge on any atom is 0.0129 e. The molecule has 68 valence electrons. The van der Waals surface area contributed by atoms with Gasteiger partial charge in [0.2, 0.25) is 0 Å². The lowest BCUT2D eigenvalue weighted by Gasteiger charge is -1.96. The number of hydrogen-bond donors (Lipinski definition) is 1. The Balaban J connectivity index is 3.76. The van der Waals surface area contributed by atoms with Gasteiger partial charge in [-0.25, -0.2) is 0 Å². The van der Waals surface area contributed by atoms with Gasteiger partial charge in [-0.05, 0) is 24.6 Å². The van der Waals surface area contributed by atoms with Crippen molar-refractivity contribution in [2.45, 2.75) is 13.8 Å². The fourth-order valence-electron chi connectivity index (χ4n) is 1.28. The topological polar surface area (TPSA) is 26.0 Å². The lowest BCUT2D eigenvalue weighted by Crippen LogP contribution is -2.29. The molecule has 0 aromatic heterocycles. The Morgan fingerprint density at radius 1 is 1.23 bits per heavy atom. The summed E-state index contributed by atoms with van der Waals surface area (Å²) >= 11 is 0. The van der Waals surface area contributed by atoms with Crippen LogP contribution in [0.3, 0.4) is 0 Å². The summed E-state index contributed by atoms with van der Waals surface area (Å²) in [6.07, 6.45) is 1.85. The highest BCUT2D eigenvalue weighted by Gasteiger charge is 1.89. The van der Waals surface area contributed by atoms with Gasteiger partial charge < -0.3 is 5.73 Å². The number of allylic oxidation sites excluding steroid dienone is 1. The molecule has 1 nitrogen and oxygen atoms in total. The minimum absolute atomic E-state index is 0.844. The van der Waals surface area contributed by atoms with Crippen molar-refractivity contribution in [3.05, 3.63) is 47.4 Å². The Hall–Kier alpha value is -1.50. The van der Waals surface area contributed by atoms with Gasteiger partial charge in [0.1, 0.15) is 0 Å². The molecule has 0 aliphatic rings. The van der Waals surface area contributed by atoms with Gasteiger partial charge in [0, 0.05) is 10.9 Å². The van der Waals surface area contributed by atoms with Crippen LogP contribution in [0.5, 0.6) is 0 Å². The van der Waals surface area contributed by atoms with Crippen LogP contribution in [0.4, 0.5) is 0 Å². The van der Waals surface area contributed by atoms with Crippen molar-refractivity contribution in [1.29, 1.82) is 0 Å². The average molecular weight is 173 g/mol. The van der Waals surface area contributed by atoms with Gasteiger partial charge in [-0.1, -0.05) is 36.9 Å². The van der Waals surface area contributed by atoms with Crippen molar-refractivity contribution < 1.29 is 0 Å². The average Bonchev–Trinajstić information content (AvgIpc) is 2.16. The second kappa shape index (κ2) is 3.94. The van der Waals surface area contributed by atoms with Crippen LogP contribution in [-0.4, -0.2) is 0 Å². The van der Waals surface area contributed by atoms with E-state index in [1.807, 2.05) is 38.1 Å². The van der Waals surface area contributed by atoms with Crippen LogP contribution in [0.2, 0.25) is 0 Å². The van der Waals surface area contributed by atoms with Crippen molar-refractivity contribution in [3.8, 4) is 0 Å². The molecular formula is C12H15N. The summed E-state index contributed by atoms with van der Waals surface area (Å²) < 4.78 is 0. The van der Waals surface area contributed by atoms with Gasteiger partial charge >= 0.3 is 0 Å². The lowest BCUT2D eigenvalue weighted by molar-refractivity contribution is 1.38. The molecule has 0 atom stereocenters. The lowest BCUT2D eigenvalue weighted by atomic mass is 10.1. The summed E-state index contributed by atoms with van der Waals surface area (Å²) in [4.78, 5) is 0. The van der Waals surface area contributed by atoms with Gasteiger partial charge in [-0.15, -0.1) is 0 Å². The summed E-state index contributed by atoms with van der Waals surface area (Å²) in [5, 5.41) is 2.26. The SMILES string of the molecule is C=C/C(C)=c1/cccc/c1=C(/C)N. The zero-order valence-electron chi connectivity index (χ0n) is 8.17. The van der Waals surface area contributed by atoms with Crippen LogP contribution in [0.25, 0.3) is 11.3 Å². The maximum absolute atomic E-state index is 5.78. The highest BCUT2D eigenvalue weighted by Crippen LogP contribution is 1.88. The van der Waals surface area contributed by atoms with E-state index in [2.05, 4.69) is 12.6 Å². The van der Waals surface area contributed by atoms with Crippen LogP contribution >= 0.6 is 0 Å². The predicted octanol–water partition coefficient (Wildman–Crippen LogP) is 1.13. The molecule has 0 spiro atoms. The standard InChI is InChI=1S/C12H15N/c1-4-9(2)11-7-5-6-8-12(11)10(3)13/h4-8H,1,13H2,2-3H3/b11-9-,12-10+. The Morgan fingerprint density at radius 2 is 1.77 bits per heavy atom. The third kappa shape index (κ3) is 2.00. The van der Waals surface area contributed by atoms with E-state index in [-0.39, 0.29) is 0 Å². The van der Waals surface area contributed by atoms with Gasteiger partial charge in [-0.2, -0.15) is 0 Å². The predicted molar refractivity (Wildman–Crippen MR) is 58.2 cm³/mol. The van der Waals surface area contributed by atoms with Crippen LogP contribution in [0, 0.1) is 0 Å². The molecule has 13 heavy (non-hydrogen) atoms. The van der Waals surface area contributed by atoms with E-state index >= 15 is 0 Å². The fourth-order valence-corrected chi connectivity index (χ4v) is 1.28. The van der Waals surface area contributed by atoms with E-state index in [9.17, 15) is 0 Å². The summed E-state index contributed by atoms with van der Waals surface area (Å²) in [7, 11) is 0. The molecule has 0 heterocycles. The first-order valence-electron chi connectivity index (χ1n) is 4.31. The monoisotopic (exact) mass is 173 g/mol. The van der Waals surface area contributed by atoms with Crippen molar-refractivity contribution >= 4 is 11.3 Å². The Bertz CT molecular complexity index is 423. The molecule has 1 aromatic carbocycles. The van der Waals surface area contributed by atoms with E-state index in [0.717, 1.165) is 21.7 Å². The zero-order valence-corrected chi connectivity index (χ0v) is 8.17. The molecule has 0 bridgehead atoms. The summed E-state index contributed by atoms with van der Waals surface area (Å²) in [6.45, 7) is 7.70. The first-order chi connectivity index (χ1) is 6.16. The van der Waals surface area contributed by atoms with E-state index in [4.69, 9.17) is 5.73 Å². The molecule has 0 aliphatic carbocycles. The Labute approximate surface area is 78.9 Å². The second-order valence-electron chi connectivity index (χ2n) is 3.12. The summed E-state index contributed by atoms with van der Waals surface area (Å²) in [6, 6.07) is 8.08. The molecule has 1 aromatic rings. The summed E-state index contributed by atoms with van der Waals surface area (Å²) in [5.74, 6) is 0. The van der Waals surface area contributed by atoms with Crippen molar-refractivity contribution in [1.82, 2.24) is 0 Å². The summed E-state index contributed by atoms with van der Waals surface area (Å²) in [5.41, 5.74) is 7.77. The van der Waals surface area contributed by atoms with Crippen molar-refractivity contribution in [2.24, 2.45) is 5.73 Å². The van der Waals surface area contributed by atoms with E-state index in [1.54, 1.807) is 0 Å². The fraction of sp³-hybridized carbons (Fsp3) is 0.167. The minimum Gasteiger partial charge on any atom is -0.402 e. The Kier molecular flexibility index (Phi) is 2.91.